The molecule has 0 saturated carbocycles. The molecule has 2 aliphatic carbocycles. The average molecular weight is 428 g/mol. The van der Waals surface area contributed by atoms with Gasteiger partial charge in [-0.15, -0.1) is 0 Å². The molecule has 2 N–H and O–H groups in total. The van der Waals surface area contributed by atoms with E-state index in [1.54, 1.807) is 0 Å². The lowest BCUT2D eigenvalue weighted by Crippen LogP contribution is -2.22. The first kappa shape index (κ1) is 24.1. The van der Waals surface area contributed by atoms with Gasteiger partial charge in [0.2, 0.25) is 0 Å². The second-order valence-corrected chi connectivity index (χ2v) is 9.94. The standard InChI is InChI=1S/C31H41N/c1-6-27-29(30(27)32)28(24(4)25-17-11-9-12-18-25)22-26-19-13-15-21-31(26,5)20-14-8-7-10-16-23(2)3/h8-9,11-19,27-28H,4,6-7,10,20-22,32H2,1-3,5H3/b14-8-/t27-,28-,31+/m1/s1. The molecule has 0 unspecified atom stereocenters. The molecule has 0 fully saturated rings. The molecule has 1 nitrogen and oxygen atoms in total. The van der Waals surface area contributed by atoms with E-state index in [0.29, 0.717) is 11.8 Å². The Kier molecular flexibility index (Phi) is 8.18. The van der Waals surface area contributed by atoms with Crippen molar-refractivity contribution in [3.8, 4) is 0 Å². The van der Waals surface area contributed by atoms with Gasteiger partial charge < -0.3 is 5.73 Å². The van der Waals surface area contributed by atoms with Gasteiger partial charge in [0.1, 0.15) is 0 Å². The molecule has 2 aliphatic rings. The van der Waals surface area contributed by atoms with Crippen LogP contribution in [0.2, 0.25) is 0 Å². The summed E-state index contributed by atoms with van der Waals surface area (Å²) in [5.41, 5.74) is 14.5. The van der Waals surface area contributed by atoms with Crippen LogP contribution < -0.4 is 5.73 Å². The van der Waals surface area contributed by atoms with Crippen molar-refractivity contribution in [2.24, 2.45) is 23.0 Å². The summed E-state index contributed by atoms with van der Waals surface area (Å²) < 4.78 is 0. The van der Waals surface area contributed by atoms with E-state index in [9.17, 15) is 0 Å². The molecule has 0 aliphatic heterocycles. The van der Waals surface area contributed by atoms with E-state index in [-0.39, 0.29) is 5.41 Å². The van der Waals surface area contributed by atoms with Gasteiger partial charge in [-0.3, -0.25) is 0 Å². The van der Waals surface area contributed by atoms with Crippen molar-refractivity contribution in [1.82, 2.24) is 0 Å². The minimum atomic E-state index is 0.156. The summed E-state index contributed by atoms with van der Waals surface area (Å²) in [6, 6.07) is 10.6. The van der Waals surface area contributed by atoms with E-state index >= 15 is 0 Å². The predicted molar refractivity (Wildman–Crippen MR) is 141 cm³/mol. The number of allylic oxidation sites excluding steroid dienone is 11. The number of unbranched alkanes of at least 4 members (excludes halogenated alkanes) is 1. The summed E-state index contributed by atoms with van der Waals surface area (Å²) in [7, 11) is 0. The van der Waals surface area contributed by atoms with Crippen LogP contribution in [0.15, 0.2) is 95.8 Å². The predicted octanol–water partition coefficient (Wildman–Crippen LogP) is 8.54. The monoisotopic (exact) mass is 427 g/mol. The van der Waals surface area contributed by atoms with Gasteiger partial charge in [-0.1, -0.05) is 98.4 Å². The molecule has 3 rings (SSSR count). The summed E-state index contributed by atoms with van der Waals surface area (Å²) >= 11 is 0. The number of hydrogen-bond acceptors (Lipinski definition) is 1. The Balaban J connectivity index is 1.77. The molecule has 3 atom stereocenters. The maximum atomic E-state index is 6.45. The second-order valence-electron chi connectivity index (χ2n) is 9.94. The number of nitrogens with two attached hydrogens (primary N) is 1. The lowest BCUT2D eigenvalue weighted by Gasteiger charge is -2.35. The highest BCUT2D eigenvalue weighted by molar-refractivity contribution is 5.71. The highest BCUT2D eigenvalue weighted by atomic mass is 14.7. The van der Waals surface area contributed by atoms with E-state index in [0.717, 1.165) is 44.2 Å². The van der Waals surface area contributed by atoms with E-state index < -0.39 is 0 Å². The van der Waals surface area contributed by atoms with Gasteiger partial charge in [-0.05, 0) is 74.5 Å². The minimum Gasteiger partial charge on any atom is -0.402 e. The second kappa shape index (κ2) is 10.9. The fraction of sp³-hybridized carbons (Fsp3) is 0.419. The SMILES string of the molecule is C=C(c1ccccc1)[C@@H](CC1=CC=CC[C@]1(C)C/C=C\CCC=C(C)C)C1=C(N)[C@@H]1CC. The van der Waals surface area contributed by atoms with Gasteiger partial charge in [0.05, 0.1) is 0 Å². The molecule has 1 aromatic rings. The van der Waals surface area contributed by atoms with Crippen LogP contribution in [-0.2, 0) is 0 Å². The molecule has 0 radical (unpaired) electrons. The van der Waals surface area contributed by atoms with Crippen LogP contribution in [-0.4, -0.2) is 0 Å². The fourth-order valence-corrected chi connectivity index (χ4v) is 4.99. The van der Waals surface area contributed by atoms with Crippen LogP contribution in [0.3, 0.4) is 0 Å². The van der Waals surface area contributed by atoms with Gasteiger partial charge in [-0.2, -0.15) is 0 Å². The summed E-state index contributed by atoms with van der Waals surface area (Å²) in [5, 5.41) is 0. The van der Waals surface area contributed by atoms with E-state index in [1.807, 2.05) is 0 Å². The van der Waals surface area contributed by atoms with Crippen molar-refractivity contribution in [1.29, 1.82) is 0 Å². The van der Waals surface area contributed by atoms with Crippen LogP contribution in [0.25, 0.3) is 5.57 Å². The zero-order chi connectivity index (χ0) is 23.1. The third-order valence-corrected chi connectivity index (χ3v) is 7.17. The first-order valence-electron chi connectivity index (χ1n) is 12.3. The van der Waals surface area contributed by atoms with E-state index in [2.05, 4.69) is 101 Å². The number of rotatable bonds is 11. The first-order chi connectivity index (χ1) is 15.4. The summed E-state index contributed by atoms with van der Waals surface area (Å²) in [5.74, 6) is 0.752. The Hall–Kier alpha value is -2.54. The average Bonchev–Trinajstić information content (AvgIpc) is 3.44. The number of benzene rings is 1. The third kappa shape index (κ3) is 5.82. The minimum absolute atomic E-state index is 0.156. The molecule has 32 heavy (non-hydrogen) atoms. The van der Waals surface area contributed by atoms with Crippen molar-refractivity contribution in [3.63, 3.8) is 0 Å². The van der Waals surface area contributed by atoms with Crippen molar-refractivity contribution >= 4 is 5.57 Å². The van der Waals surface area contributed by atoms with Crippen molar-refractivity contribution in [2.75, 3.05) is 0 Å². The molecule has 0 aromatic heterocycles. The van der Waals surface area contributed by atoms with Crippen LogP contribution in [0.1, 0.15) is 71.8 Å². The lowest BCUT2D eigenvalue weighted by atomic mass is 9.69. The van der Waals surface area contributed by atoms with Gasteiger partial charge in [0.15, 0.2) is 0 Å². The molecule has 1 aromatic carbocycles. The molecule has 170 valence electrons. The largest absolute Gasteiger partial charge is 0.402 e. The quantitative estimate of drug-likeness (QED) is 0.278. The number of hydrogen-bond donors (Lipinski definition) is 1. The van der Waals surface area contributed by atoms with E-state index in [1.165, 1.54) is 27.9 Å². The molecule has 0 spiro atoms. The molecule has 0 heterocycles. The molecule has 0 saturated heterocycles. The zero-order valence-electron chi connectivity index (χ0n) is 20.5. The Morgan fingerprint density at radius 1 is 1.19 bits per heavy atom. The highest BCUT2D eigenvalue weighted by Gasteiger charge is 2.41. The molecule has 0 bridgehead atoms. The van der Waals surface area contributed by atoms with Crippen LogP contribution in [0.5, 0.6) is 0 Å². The Morgan fingerprint density at radius 3 is 2.59 bits per heavy atom. The van der Waals surface area contributed by atoms with Gasteiger partial charge >= 0.3 is 0 Å². The normalized spacial score (nSPS) is 23.2. The third-order valence-electron chi connectivity index (χ3n) is 7.17. The zero-order valence-corrected chi connectivity index (χ0v) is 20.5. The van der Waals surface area contributed by atoms with Gasteiger partial charge in [0, 0.05) is 17.5 Å². The van der Waals surface area contributed by atoms with E-state index in [4.69, 9.17) is 5.73 Å². The topological polar surface area (TPSA) is 26.0 Å². The fourth-order valence-electron chi connectivity index (χ4n) is 4.99. The van der Waals surface area contributed by atoms with Crippen LogP contribution in [0.4, 0.5) is 0 Å². The Bertz CT molecular complexity index is 949. The van der Waals surface area contributed by atoms with Crippen molar-refractivity contribution in [3.05, 3.63) is 101 Å². The summed E-state index contributed by atoms with van der Waals surface area (Å²) in [6.45, 7) is 13.6. The molecular weight excluding hydrogens is 386 g/mol. The molecule has 0 amide bonds. The smallest absolute Gasteiger partial charge is 0.0218 e. The van der Waals surface area contributed by atoms with Crippen molar-refractivity contribution < 1.29 is 0 Å². The van der Waals surface area contributed by atoms with Crippen molar-refractivity contribution in [2.45, 2.75) is 66.2 Å². The lowest BCUT2D eigenvalue weighted by molar-refractivity contribution is 0.382. The maximum absolute atomic E-state index is 6.45. The van der Waals surface area contributed by atoms with Gasteiger partial charge in [0.25, 0.3) is 0 Å². The first-order valence-corrected chi connectivity index (χ1v) is 12.3. The highest BCUT2D eigenvalue weighted by Crippen LogP contribution is 2.52. The van der Waals surface area contributed by atoms with Crippen LogP contribution >= 0.6 is 0 Å². The molecular formula is C31H41N. The van der Waals surface area contributed by atoms with Crippen LogP contribution in [0, 0.1) is 17.3 Å². The summed E-state index contributed by atoms with van der Waals surface area (Å²) in [4.78, 5) is 0. The van der Waals surface area contributed by atoms with Gasteiger partial charge in [-0.25, -0.2) is 0 Å². The maximum Gasteiger partial charge on any atom is 0.0218 e. The Labute approximate surface area is 196 Å². The summed E-state index contributed by atoms with van der Waals surface area (Å²) in [6.07, 6.45) is 20.5. The Morgan fingerprint density at radius 2 is 1.94 bits per heavy atom. The molecule has 1 heteroatoms.